The summed E-state index contributed by atoms with van der Waals surface area (Å²) in [5.74, 6) is 0.636. The first-order valence-corrected chi connectivity index (χ1v) is 12.2. The average molecular weight is 510 g/mol. The van der Waals surface area contributed by atoms with Crippen molar-refractivity contribution in [3.05, 3.63) is 29.6 Å². The van der Waals surface area contributed by atoms with E-state index >= 15 is 0 Å². The molecule has 0 aromatic carbocycles. The van der Waals surface area contributed by atoms with E-state index in [0.29, 0.717) is 23.1 Å². The molecular formula is C25H34F3N5O3. The number of ether oxygens (including phenoxy) is 1. The molecular weight excluding hydrogens is 475 g/mol. The molecule has 2 aromatic rings. The lowest BCUT2D eigenvalue weighted by Gasteiger charge is -2.24. The molecule has 2 aliphatic rings. The van der Waals surface area contributed by atoms with E-state index in [0.717, 1.165) is 30.5 Å². The highest BCUT2D eigenvalue weighted by molar-refractivity contribution is 5.82. The largest absolute Gasteiger partial charge is 0.490 e. The van der Waals surface area contributed by atoms with Gasteiger partial charge in [0, 0.05) is 30.6 Å². The van der Waals surface area contributed by atoms with Crippen LogP contribution in [0.3, 0.4) is 0 Å². The second-order valence-electron chi connectivity index (χ2n) is 9.61. The van der Waals surface area contributed by atoms with Gasteiger partial charge in [0.2, 0.25) is 5.91 Å². The topological polar surface area (TPSA) is 100 Å². The molecule has 2 heterocycles. The quantitative estimate of drug-likeness (QED) is 0.558. The van der Waals surface area contributed by atoms with Crippen LogP contribution in [0.4, 0.5) is 19.0 Å². The lowest BCUT2D eigenvalue weighted by Crippen LogP contribution is -2.50. The molecule has 0 saturated heterocycles. The second kappa shape index (κ2) is 10.6. The van der Waals surface area contributed by atoms with Gasteiger partial charge in [0.25, 0.3) is 0 Å². The Hall–Kier alpha value is -2.95. The van der Waals surface area contributed by atoms with E-state index in [1.807, 2.05) is 13.8 Å². The van der Waals surface area contributed by atoms with E-state index in [1.54, 1.807) is 44.1 Å². The van der Waals surface area contributed by atoms with Gasteiger partial charge in [-0.3, -0.25) is 9.78 Å². The number of aromatic nitrogens is 3. The van der Waals surface area contributed by atoms with Crippen LogP contribution in [0.25, 0.3) is 11.5 Å². The lowest BCUT2D eigenvalue weighted by atomic mass is 10.2. The molecule has 0 spiro atoms. The maximum atomic E-state index is 13.2. The van der Waals surface area contributed by atoms with E-state index in [2.05, 4.69) is 20.3 Å². The van der Waals surface area contributed by atoms with Gasteiger partial charge in [0.15, 0.2) is 5.82 Å². The Kier molecular flexibility index (Phi) is 8.12. The summed E-state index contributed by atoms with van der Waals surface area (Å²) in [6.07, 6.45) is -0.772. The zero-order chi connectivity index (χ0) is 26.7. The summed E-state index contributed by atoms with van der Waals surface area (Å²) in [6, 6.07) is 3.33. The van der Waals surface area contributed by atoms with Gasteiger partial charge in [-0.2, -0.15) is 13.2 Å². The standard InChI is InChI=1S/C23H28F3N5O3.C2H6/c1-21(2,33)13-34-14-7-10-27-17(11-14)19-28-16-6-4-5-15(16)20(29-19)31(3)12-18(32)30-22(8-9-22)23(24,25)26;1-2/h7,10-11,33H,4-6,8-9,12-13H2,1-3H3,(H,30,32);1-2H3. The van der Waals surface area contributed by atoms with Crippen LogP contribution in [0.5, 0.6) is 5.75 Å². The van der Waals surface area contributed by atoms with Crippen LogP contribution in [0.15, 0.2) is 18.3 Å². The number of rotatable bonds is 8. The highest BCUT2D eigenvalue weighted by Crippen LogP contribution is 2.48. The van der Waals surface area contributed by atoms with Crippen molar-refractivity contribution in [2.45, 2.75) is 77.1 Å². The highest BCUT2D eigenvalue weighted by Gasteiger charge is 2.64. The van der Waals surface area contributed by atoms with Gasteiger partial charge in [-0.05, 0) is 52.0 Å². The zero-order valence-electron chi connectivity index (χ0n) is 21.4. The van der Waals surface area contributed by atoms with Crippen molar-refractivity contribution in [1.29, 1.82) is 0 Å². The van der Waals surface area contributed by atoms with Crippen LogP contribution in [0, 0.1) is 0 Å². The van der Waals surface area contributed by atoms with Crippen molar-refractivity contribution in [2.24, 2.45) is 0 Å². The number of hydrogen-bond donors (Lipinski definition) is 2. The molecule has 8 nitrogen and oxygen atoms in total. The van der Waals surface area contributed by atoms with Gasteiger partial charge in [-0.25, -0.2) is 9.97 Å². The fourth-order valence-corrected chi connectivity index (χ4v) is 3.93. The van der Waals surface area contributed by atoms with Crippen LogP contribution in [-0.2, 0) is 17.6 Å². The molecule has 2 N–H and O–H groups in total. The van der Waals surface area contributed by atoms with Crippen molar-refractivity contribution in [3.8, 4) is 17.3 Å². The molecule has 1 saturated carbocycles. The zero-order valence-corrected chi connectivity index (χ0v) is 21.4. The maximum absolute atomic E-state index is 13.2. The van der Waals surface area contributed by atoms with Gasteiger partial charge in [0.05, 0.1) is 12.1 Å². The summed E-state index contributed by atoms with van der Waals surface area (Å²) in [5.41, 5.74) is -0.918. The van der Waals surface area contributed by atoms with Crippen molar-refractivity contribution in [1.82, 2.24) is 20.3 Å². The van der Waals surface area contributed by atoms with E-state index in [1.165, 1.54) is 0 Å². The third-order valence-electron chi connectivity index (χ3n) is 5.88. The SMILES string of the molecule is CC.CN(CC(=O)NC1(C(F)(F)F)CC1)c1nc(-c2cc(OCC(C)(C)O)ccn2)nc2c1CCC2. The van der Waals surface area contributed by atoms with E-state index in [4.69, 9.17) is 4.74 Å². The predicted octanol–water partition coefficient (Wildman–Crippen LogP) is 3.85. The Bertz CT molecular complexity index is 1080. The Balaban J connectivity index is 0.00000176. The molecule has 4 rings (SSSR count). The summed E-state index contributed by atoms with van der Waals surface area (Å²) in [6.45, 7) is 7.10. The van der Waals surface area contributed by atoms with Crippen molar-refractivity contribution >= 4 is 11.7 Å². The number of pyridine rings is 1. The van der Waals surface area contributed by atoms with Crippen LogP contribution in [0.2, 0.25) is 0 Å². The number of carbonyl (C=O) groups is 1. The monoisotopic (exact) mass is 509 g/mol. The average Bonchev–Trinajstić information content (AvgIpc) is 3.45. The Labute approximate surface area is 209 Å². The predicted molar refractivity (Wildman–Crippen MR) is 130 cm³/mol. The third kappa shape index (κ3) is 6.43. The first kappa shape index (κ1) is 27.6. The first-order valence-electron chi connectivity index (χ1n) is 12.2. The molecule has 0 unspecified atom stereocenters. The number of nitrogens with one attached hydrogen (secondary N) is 1. The summed E-state index contributed by atoms with van der Waals surface area (Å²) >= 11 is 0. The molecule has 0 atom stereocenters. The molecule has 11 heteroatoms. The minimum absolute atomic E-state index is 0.0873. The van der Waals surface area contributed by atoms with E-state index in [9.17, 15) is 23.1 Å². The van der Waals surface area contributed by atoms with Crippen molar-refractivity contribution in [2.75, 3.05) is 25.1 Å². The number of nitrogens with zero attached hydrogens (tertiary/aromatic N) is 4. The molecule has 2 aromatic heterocycles. The number of carbonyl (C=O) groups excluding carboxylic acids is 1. The number of amides is 1. The fourth-order valence-electron chi connectivity index (χ4n) is 3.93. The van der Waals surface area contributed by atoms with Crippen LogP contribution in [-0.4, -0.2) is 63.5 Å². The van der Waals surface area contributed by atoms with E-state index in [-0.39, 0.29) is 26.0 Å². The lowest BCUT2D eigenvalue weighted by molar-refractivity contribution is -0.170. The normalized spacial score (nSPS) is 15.9. The minimum Gasteiger partial charge on any atom is -0.490 e. The first-order chi connectivity index (χ1) is 16.9. The van der Waals surface area contributed by atoms with Gasteiger partial charge >= 0.3 is 6.18 Å². The molecule has 0 aliphatic heterocycles. The summed E-state index contributed by atoms with van der Waals surface area (Å²) in [5, 5.41) is 12.1. The van der Waals surface area contributed by atoms with Gasteiger partial charge in [-0.15, -0.1) is 0 Å². The minimum atomic E-state index is -4.46. The molecule has 198 valence electrons. The summed E-state index contributed by atoms with van der Waals surface area (Å²) in [7, 11) is 1.63. The Morgan fingerprint density at radius 1 is 1.22 bits per heavy atom. The van der Waals surface area contributed by atoms with Gasteiger partial charge in [0.1, 0.15) is 29.4 Å². The van der Waals surface area contributed by atoms with E-state index < -0.39 is 23.2 Å². The van der Waals surface area contributed by atoms with Crippen LogP contribution in [0.1, 0.15) is 58.2 Å². The molecule has 0 bridgehead atoms. The van der Waals surface area contributed by atoms with Crippen molar-refractivity contribution in [3.63, 3.8) is 0 Å². The van der Waals surface area contributed by atoms with Gasteiger partial charge < -0.3 is 20.1 Å². The molecule has 0 radical (unpaired) electrons. The summed E-state index contributed by atoms with van der Waals surface area (Å²) < 4.78 is 45.3. The highest BCUT2D eigenvalue weighted by atomic mass is 19.4. The smallest absolute Gasteiger partial charge is 0.411 e. The number of fused-ring (bicyclic) bond motifs is 1. The Morgan fingerprint density at radius 2 is 1.92 bits per heavy atom. The molecule has 36 heavy (non-hydrogen) atoms. The van der Waals surface area contributed by atoms with Crippen molar-refractivity contribution < 1.29 is 27.8 Å². The molecule has 1 amide bonds. The summed E-state index contributed by atoms with van der Waals surface area (Å²) in [4.78, 5) is 27.6. The Morgan fingerprint density at radius 3 is 2.53 bits per heavy atom. The van der Waals surface area contributed by atoms with Gasteiger partial charge in [-0.1, -0.05) is 13.8 Å². The number of likely N-dealkylation sites (N-methyl/N-ethyl adjacent to an activating group) is 1. The molecule has 1 fully saturated rings. The second-order valence-corrected chi connectivity index (χ2v) is 9.61. The van der Waals surface area contributed by atoms with Crippen LogP contribution >= 0.6 is 0 Å². The molecule has 2 aliphatic carbocycles. The third-order valence-corrected chi connectivity index (χ3v) is 5.88. The number of hydrogen-bond acceptors (Lipinski definition) is 7. The number of alkyl halides is 3. The maximum Gasteiger partial charge on any atom is 0.411 e. The fraction of sp³-hybridized carbons (Fsp3) is 0.600. The number of aliphatic hydroxyl groups is 1. The number of aryl methyl sites for hydroxylation is 1. The number of halogens is 3. The van der Waals surface area contributed by atoms with Crippen LogP contribution < -0.4 is 15.0 Å². The number of anilines is 1.